The van der Waals surface area contributed by atoms with Crippen molar-refractivity contribution in [3.63, 3.8) is 0 Å². The van der Waals surface area contributed by atoms with Crippen LogP contribution in [0.5, 0.6) is 11.5 Å². The van der Waals surface area contributed by atoms with Crippen LogP contribution in [0, 0.1) is 0 Å². The molecule has 8 heteroatoms. The monoisotopic (exact) mass is 468 g/mol. The SMILES string of the molecule is Nc1cc(C2(c3ccc(O)c(N)c3)c3cc(C(=O)O)ccc3-c3ccc(C(=O)O)cc32)ccc1O. The van der Waals surface area contributed by atoms with Crippen LogP contribution in [0.1, 0.15) is 43.0 Å². The maximum Gasteiger partial charge on any atom is 0.335 e. The number of rotatable bonds is 4. The number of anilines is 2. The molecule has 0 aromatic heterocycles. The Morgan fingerprint density at radius 1 is 0.600 bits per heavy atom. The van der Waals surface area contributed by atoms with E-state index in [-0.39, 0.29) is 34.0 Å². The van der Waals surface area contributed by atoms with Crippen molar-refractivity contribution in [1.82, 2.24) is 0 Å². The normalized spacial score (nSPS) is 13.1. The van der Waals surface area contributed by atoms with Crippen LogP contribution in [-0.2, 0) is 5.41 Å². The Kier molecular flexibility index (Phi) is 4.70. The van der Waals surface area contributed by atoms with Crippen LogP contribution in [0.3, 0.4) is 0 Å². The number of carbonyl (C=O) groups is 2. The Labute approximate surface area is 199 Å². The summed E-state index contributed by atoms with van der Waals surface area (Å²) < 4.78 is 0. The van der Waals surface area contributed by atoms with E-state index in [0.717, 1.165) is 0 Å². The van der Waals surface area contributed by atoms with E-state index >= 15 is 0 Å². The highest BCUT2D eigenvalue weighted by Gasteiger charge is 2.47. The van der Waals surface area contributed by atoms with Gasteiger partial charge in [-0.3, -0.25) is 0 Å². The van der Waals surface area contributed by atoms with E-state index < -0.39 is 17.4 Å². The Hall–Kier alpha value is -4.98. The zero-order valence-corrected chi connectivity index (χ0v) is 18.2. The molecule has 0 unspecified atom stereocenters. The number of carboxylic acids is 2. The van der Waals surface area contributed by atoms with Gasteiger partial charge in [0.1, 0.15) is 11.5 Å². The number of carboxylic acid groups (broad SMARTS) is 2. The molecular weight excluding hydrogens is 448 g/mol. The van der Waals surface area contributed by atoms with Crippen molar-refractivity contribution >= 4 is 23.3 Å². The lowest BCUT2D eigenvalue weighted by molar-refractivity contribution is 0.0686. The summed E-state index contributed by atoms with van der Waals surface area (Å²) >= 11 is 0. The van der Waals surface area contributed by atoms with Gasteiger partial charge in [-0.2, -0.15) is 0 Å². The number of aromatic carboxylic acids is 2. The number of nitrogens with two attached hydrogens (primary N) is 2. The first kappa shape index (κ1) is 21.8. The number of benzene rings is 4. The third-order valence-electron chi connectivity index (χ3n) is 6.55. The molecule has 174 valence electrons. The Balaban J connectivity index is 2.01. The number of hydrogen-bond acceptors (Lipinski definition) is 6. The van der Waals surface area contributed by atoms with Crippen molar-refractivity contribution in [1.29, 1.82) is 0 Å². The zero-order chi connectivity index (χ0) is 25.1. The van der Waals surface area contributed by atoms with E-state index in [0.29, 0.717) is 33.4 Å². The van der Waals surface area contributed by atoms with Crippen molar-refractivity contribution < 1.29 is 30.0 Å². The van der Waals surface area contributed by atoms with Gasteiger partial charge in [-0.15, -0.1) is 0 Å². The summed E-state index contributed by atoms with van der Waals surface area (Å²) in [5.41, 5.74) is 14.8. The molecule has 4 aromatic rings. The lowest BCUT2D eigenvalue weighted by Crippen LogP contribution is -2.29. The zero-order valence-electron chi connectivity index (χ0n) is 18.2. The van der Waals surface area contributed by atoms with E-state index in [1.54, 1.807) is 48.5 Å². The van der Waals surface area contributed by atoms with Gasteiger partial charge in [0.05, 0.1) is 27.9 Å². The van der Waals surface area contributed by atoms with Gasteiger partial charge in [0.15, 0.2) is 0 Å². The first-order valence-electron chi connectivity index (χ1n) is 10.6. The standard InChI is InChI=1S/C27H20N2O6/c28-21-11-15(3-7-23(21)30)27(16-4-8-24(31)22(29)12-16)19-9-13(25(32)33)1-5-17(19)18-6-2-14(26(34)35)10-20(18)27/h1-12,30-31H,28-29H2,(H,32,33)(H,34,35). The first-order chi connectivity index (χ1) is 16.6. The van der Waals surface area contributed by atoms with Crippen LogP contribution in [0.15, 0.2) is 72.8 Å². The molecule has 5 rings (SSSR count). The minimum Gasteiger partial charge on any atom is -0.506 e. The highest BCUT2D eigenvalue weighted by atomic mass is 16.4. The van der Waals surface area contributed by atoms with Crippen molar-refractivity contribution in [2.45, 2.75) is 5.41 Å². The average molecular weight is 468 g/mol. The molecule has 0 bridgehead atoms. The third kappa shape index (κ3) is 3.07. The maximum absolute atomic E-state index is 11.9. The van der Waals surface area contributed by atoms with E-state index in [1.165, 1.54) is 24.3 Å². The minimum absolute atomic E-state index is 0.0397. The van der Waals surface area contributed by atoms with Crippen LogP contribution < -0.4 is 11.5 Å². The fraction of sp³-hybridized carbons (Fsp3) is 0.0370. The van der Waals surface area contributed by atoms with E-state index in [4.69, 9.17) is 11.5 Å². The topological polar surface area (TPSA) is 167 Å². The molecule has 0 aliphatic heterocycles. The molecule has 0 saturated heterocycles. The molecule has 0 heterocycles. The van der Waals surface area contributed by atoms with Crippen LogP contribution >= 0.6 is 0 Å². The van der Waals surface area contributed by atoms with E-state index in [9.17, 15) is 30.0 Å². The van der Waals surface area contributed by atoms with Crippen molar-refractivity contribution in [3.8, 4) is 22.6 Å². The predicted molar refractivity (Wildman–Crippen MR) is 130 cm³/mol. The number of phenolic OH excluding ortho intramolecular Hbond substituents is 2. The van der Waals surface area contributed by atoms with Gasteiger partial charge in [-0.05, 0) is 81.9 Å². The molecular formula is C27H20N2O6. The van der Waals surface area contributed by atoms with Crippen LogP contribution in [0.4, 0.5) is 11.4 Å². The number of aromatic hydroxyl groups is 2. The maximum atomic E-state index is 11.9. The molecule has 1 aliphatic rings. The second-order valence-corrected chi connectivity index (χ2v) is 8.43. The van der Waals surface area contributed by atoms with E-state index in [2.05, 4.69) is 0 Å². The Morgan fingerprint density at radius 2 is 1.00 bits per heavy atom. The van der Waals surface area contributed by atoms with Gasteiger partial charge >= 0.3 is 11.9 Å². The number of fused-ring (bicyclic) bond motifs is 3. The molecule has 0 saturated carbocycles. The smallest absolute Gasteiger partial charge is 0.335 e. The first-order valence-corrected chi connectivity index (χ1v) is 10.6. The van der Waals surface area contributed by atoms with Crippen LogP contribution in [0.25, 0.3) is 11.1 Å². The van der Waals surface area contributed by atoms with Crippen molar-refractivity contribution in [2.75, 3.05) is 11.5 Å². The summed E-state index contributed by atoms with van der Waals surface area (Å²) in [6.07, 6.45) is 0. The van der Waals surface area contributed by atoms with Gasteiger partial charge in [0.2, 0.25) is 0 Å². The van der Waals surface area contributed by atoms with Crippen molar-refractivity contribution in [2.24, 2.45) is 0 Å². The summed E-state index contributed by atoms with van der Waals surface area (Å²) in [7, 11) is 0. The lowest BCUT2D eigenvalue weighted by atomic mass is 9.67. The number of hydrogen-bond donors (Lipinski definition) is 6. The quantitative estimate of drug-likeness (QED) is 0.170. The van der Waals surface area contributed by atoms with Gasteiger partial charge in [0, 0.05) is 0 Å². The molecule has 8 N–H and O–H groups in total. The minimum atomic E-state index is -1.24. The lowest BCUT2D eigenvalue weighted by Gasteiger charge is -2.34. The van der Waals surface area contributed by atoms with Crippen LogP contribution in [-0.4, -0.2) is 32.4 Å². The van der Waals surface area contributed by atoms with Gasteiger partial charge in [-0.1, -0.05) is 24.3 Å². The summed E-state index contributed by atoms with van der Waals surface area (Å²) in [6.45, 7) is 0. The molecule has 35 heavy (non-hydrogen) atoms. The molecule has 0 spiro atoms. The molecule has 0 radical (unpaired) electrons. The summed E-state index contributed by atoms with van der Waals surface area (Å²) in [5, 5.41) is 39.7. The summed E-state index contributed by atoms with van der Waals surface area (Å²) in [4.78, 5) is 23.8. The summed E-state index contributed by atoms with van der Waals surface area (Å²) in [5.74, 6) is -2.52. The molecule has 0 amide bonds. The molecule has 1 aliphatic carbocycles. The van der Waals surface area contributed by atoms with Crippen LogP contribution in [0.2, 0.25) is 0 Å². The molecule has 0 atom stereocenters. The number of phenols is 2. The fourth-order valence-corrected chi connectivity index (χ4v) is 4.95. The second-order valence-electron chi connectivity index (χ2n) is 8.43. The molecule has 8 nitrogen and oxygen atoms in total. The summed E-state index contributed by atoms with van der Waals surface area (Å²) in [6, 6.07) is 18.7. The van der Waals surface area contributed by atoms with Gasteiger partial charge in [0.25, 0.3) is 0 Å². The highest BCUT2D eigenvalue weighted by Crippen LogP contribution is 2.57. The Morgan fingerprint density at radius 3 is 1.34 bits per heavy atom. The average Bonchev–Trinajstić information content (AvgIpc) is 3.12. The molecule has 4 aromatic carbocycles. The predicted octanol–water partition coefficient (Wildman–Crippen LogP) is 4.02. The second kappa shape index (κ2) is 7.53. The highest BCUT2D eigenvalue weighted by molar-refractivity contribution is 5.95. The molecule has 0 fully saturated rings. The van der Waals surface area contributed by atoms with E-state index in [1.807, 2.05) is 0 Å². The van der Waals surface area contributed by atoms with Gasteiger partial charge in [-0.25, -0.2) is 9.59 Å². The van der Waals surface area contributed by atoms with Crippen molar-refractivity contribution in [3.05, 3.63) is 106 Å². The fourth-order valence-electron chi connectivity index (χ4n) is 4.95. The van der Waals surface area contributed by atoms with Gasteiger partial charge < -0.3 is 31.9 Å². The number of nitrogen functional groups attached to an aromatic ring is 2. The Bertz CT molecular complexity index is 1440. The largest absolute Gasteiger partial charge is 0.506 e. The third-order valence-corrected chi connectivity index (χ3v) is 6.55.